The Kier molecular flexibility index (Phi) is 4.30. The van der Waals surface area contributed by atoms with Crippen molar-refractivity contribution in [2.45, 2.75) is 6.61 Å². The maximum Gasteiger partial charge on any atom is 0.248 e. The molecule has 0 atom stereocenters. The molecule has 116 valence electrons. The van der Waals surface area contributed by atoms with Gasteiger partial charge in [-0.2, -0.15) is 0 Å². The molecule has 0 spiro atoms. The van der Waals surface area contributed by atoms with Gasteiger partial charge >= 0.3 is 0 Å². The van der Waals surface area contributed by atoms with Crippen LogP contribution in [0.25, 0.3) is 11.5 Å². The molecular weight excluding hydrogens is 316 g/mol. The van der Waals surface area contributed by atoms with Crippen molar-refractivity contribution in [3.8, 4) is 17.2 Å². The van der Waals surface area contributed by atoms with E-state index in [0.717, 1.165) is 5.56 Å². The van der Waals surface area contributed by atoms with E-state index in [9.17, 15) is 4.79 Å². The van der Waals surface area contributed by atoms with Crippen molar-refractivity contribution in [2.24, 2.45) is 5.73 Å². The van der Waals surface area contributed by atoms with Crippen LogP contribution in [0.3, 0.4) is 0 Å². The summed E-state index contributed by atoms with van der Waals surface area (Å²) in [6.45, 7) is 0.250. The van der Waals surface area contributed by atoms with Gasteiger partial charge in [-0.15, -0.1) is 0 Å². The Labute approximate surface area is 137 Å². The van der Waals surface area contributed by atoms with Crippen molar-refractivity contribution < 1.29 is 13.9 Å². The van der Waals surface area contributed by atoms with E-state index in [4.69, 9.17) is 26.5 Å². The Hall–Kier alpha value is -2.79. The number of ether oxygens (including phenoxy) is 1. The summed E-state index contributed by atoms with van der Waals surface area (Å²) in [5, 5.41) is 0.619. The van der Waals surface area contributed by atoms with Gasteiger partial charge in [-0.05, 0) is 42.5 Å². The summed E-state index contributed by atoms with van der Waals surface area (Å²) in [6, 6.07) is 13.8. The lowest BCUT2D eigenvalue weighted by Crippen LogP contribution is -2.10. The molecule has 3 aromatic rings. The number of oxazole rings is 1. The summed E-state index contributed by atoms with van der Waals surface area (Å²) in [4.78, 5) is 15.4. The van der Waals surface area contributed by atoms with Crippen molar-refractivity contribution in [3.63, 3.8) is 0 Å². The Bertz CT molecular complexity index is 828. The molecule has 2 N–H and O–H groups in total. The molecule has 0 unspecified atom stereocenters. The third-order valence-electron chi connectivity index (χ3n) is 3.15. The molecule has 0 radical (unpaired) electrons. The Morgan fingerprint density at radius 3 is 2.70 bits per heavy atom. The van der Waals surface area contributed by atoms with Crippen molar-refractivity contribution >= 4 is 17.5 Å². The van der Waals surface area contributed by atoms with Crippen LogP contribution in [-0.4, -0.2) is 10.9 Å². The second kappa shape index (κ2) is 6.54. The predicted octanol–water partition coefficient (Wildman–Crippen LogP) is 3.67. The van der Waals surface area contributed by atoms with E-state index < -0.39 is 5.91 Å². The quantitative estimate of drug-likeness (QED) is 0.775. The van der Waals surface area contributed by atoms with Crippen LogP contribution in [0.15, 0.2) is 59.2 Å². The van der Waals surface area contributed by atoms with Gasteiger partial charge in [0.15, 0.2) is 0 Å². The number of primary amides is 1. The van der Waals surface area contributed by atoms with Crippen LogP contribution in [0.2, 0.25) is 5.02 Å². The van der Waals surface area contributed by atoms with Gasteiger partial charge in [0.1, 0.15) is 24.3 Å². The van der Waals surface area contributed by atoms with Gasteiger partial charge in [0, 0.05) is 16.1 Å². The fraction of sp³-hybridized carbons (Fsp3) is 0.0588. The first-order chi connectivity index (χ1) is 11.1. The summed E-state index contributed by atoms with van der Waals surface area (Å²) in [7, 11) is 0. The van der Waals surface area contributed by atoms with Crippen LogP contribution >= 0.6 is 11.6 Å². The molecule has 0 aliphatic heterocycles. The number of nitrogens with two attached hydrogens (primary N) is 1. The van der Waals surface area contributed by atoms with E-state index in [1.165, 1.54) is 6.26 Å². The minimum Gasteiger partial charge on any atom is -0.487 e. The molecule has 1 amide bonds. The fourth-order valence-corrected chi connectivity index (χ4v) is 2.19. The van der Waals surface area contributed by atoms with Crippen molar-refractivity contribution in [3.05, 3.63) is 71.1 Å². The van der Waals surface area contributed by atoms with E-state index in [1.807, 2.05) is 12.1 Å². The van der Waals surface area contributed by atoms with Gasteiger partial charge < -0.3 is 14.9 Å². The number of benzene rings is 2. The van der Waals surface area contributed by atoms with Crippen LogP contribution in [-0.2, 0) is 6.61 Å². The Morgan fingerprint density at radius 1 is 1.22 bits per heavy atom. The topological polar surface area (TPSA) is 78.4 Å². The average Bonchev–Trinajstić information content (AvgIpc) is 3.02. The lowest BCUT2D eigenvalue weighted by molar-refractivity contribution is 0.1000. The lowest BCUT2D eigenvalue weighted by atomic mass is 10.2. The van der Waals surface area contributed by atoms with Gasteiger partial charge in [-0.25, -0.2) is 4.98 Å². The van der Waals surface area contributed by atoms with Gasteiger partial charge in [0.2, 0.25) is 11.8 Å². The second-order valence-electron chi connectivity index (χ2n) is 4.83. The number of nitrogens with zero attached hydrogens (tertiary/aromatic N) is 1. The number of halogens is 1. The van der Waals surface area contributed by atoms with E-state index in [1.54, 1.807) is 36.4 Å². The third kappa shape index (κ3) is 3.70. The van der Waals surface area contributed by atoms with Crippen LogP contribution in [0.5, 0.6) is 5.75 Å². The number of carbonyl (C=O) groups excluding carboxylic acids is 1. The minimum absolute atomic E-state index is 0.250. The highest BCUT2D eigenvalue weighted by Crippen LogP contribution is 2.22. The van der Waals surface area contributed by atoms with E-state index in [0.29, 0.717) is 27.9 Å². The van der Waals surface area contributed by atoms with Crippen LogP contribution in [0, 0.1) is 0 Å². The number of carbonyl (C=O) groups is 1. The Morgan fingerprint density at radius 2 is 2.00 bits per heavy atom. The maximum atomic E-state index is 11.0. The monoisotopic (exact) mass is 328 g/mol. The zero-order chi connectivity index (χ0) is 16.2. The number of aromatic nitrogens is 1. The molecule has 3 rings (SSSR count). The average molecular weight is 329 g/mol. The normalized spacial score (nSPS) is 10.5. The molecule has 5 nitrogen and oxygen atoms in total. The Balaban J connectivity index is 1.66. The summed E-state index contributed by atoms with van der Waals surface area (Å²) in [6.07, 6.45) is 1.54. The zero-order valence-corrected chi connectivity index (χ0v) is 12.8. The number of hydrogen-bond donors (Lipinski definition) is 1. The highest BCUT2D eigenvalue weighted by atomic mass is 35.5. The standard InChI is InChI=1S/C17H13ClN2O3/c18-13-3-1-2-12(8-13)17-20-14(10-23-17)9-22-15-6-4-11(5-7-15)16(19)21/h1-8,10H,9H2,(H2,19,21). The largest absolute Gasteiger partial charge is 0.487 e. The SMILES string of the molecule is NC(=O)c1ccc(OCc2coc(-c3cccc(Cl)c3)n2)cc1. The van der Waals surface area contributed by atoms with Crippen molar-refractivity contribution in [1.82, 2.24) is 4.98 Å². The highest BCUT2D eigenvalue weighted by Gasteiger charge is 2.08. The first-order valence-electron chi connectivity index (χ1n) is 6.85. The molecule has 23 heavy (non-hydrogen) atoms. The van der Waals surface area contributed by atoms with Crippen molar-refractivity contribution in [2.75, 3.05) is 0 Å². The van der Waals surface area contributed by atoms with Gasteiger partial charge in [0.05, 0.1) is 0 Å². The highest BCUT2D eigenvalue weighted by molar-refractivity contribution is 6.30. The van der Waals surface area contributed by atoms with E-state index in [2.05, 4.69) is 4.98 Å². The van der Waals surface area contributed by atoms with Gasteiger partial charge in [-0.1, -0.05) is 17.7 Å². The maximum absolute atomic E-state index is 11.0. The summed E-state index contributed by atoms with van der Waals surface area (Å²) < 4.78 is 11.0. The minimum atomic E-state index is -0.473. The fourth-order valence-electron chi connectivity index (χ4n) is 2.00. The van der Waals surface area contributed by atoms with Crippen LogP contribution in [0.1, 0.15) is 16.1 Å². The van der Waals surface area contributed by atoms with Crippen LogP contribution < -0.4 is 10.5 Å². The van der Waals surface area contributed by atoms with Gasteiger partial charge in [0.25, 0.3) is 0 Å². The molecule has 0 saturated heterocycles. The molecule has 0 saturated carbocycles. The van der Waals surface area contributed by atoms with E-state index >= 15 is 0 Å². The van der Waals surface area contributed by atoms with Crippen molar-refractivity contribution in [1.29, 1.82) is 0 Å². The lowest BCUT2D eigenvalue weighted by Gasteiger charge is -2.04. The van der Waals surface area contributed by atoms with E-state index in [-0.39, 0.29) is 6.61 Å². The summed E-state index contributed by atoms with van der Waals surface area (Å²) >= 11 is 5.95. The molecule has 1 aromatic heterocycles. The molecule has 1 heterocycles. The molecule has 0 aliphatic rings. The molecule has 2 aromatic carbocycles. The predicted molar refractivity (Wildman–Crippen MR) is 86.2 cm³/mol. The third-order valence-corrected chi connectivity index (χ3v) is 3.38. The molecule has 0 aliphatic carbocycles. The molecule has 0 fully saturated rings. The molecule has 6 heteroatoms. The van der Waals surface area contributed by atoms with Crippen LogP contribution in [0.4, 0.5) is 0 Å². The first-order valence-corrected chi connectivity index (χ1v) is 7.22. The molecular formula is C17H13ClN2O3. The number of hydrogen-bond acceptors (Lipinski definition) is 4. The first kappa shape index (κ1) is 15.1. The molecule has 0 bridgehead atoms. The summed E-state index contributed by atoms with van der Waals surface area (Å²) in [5.74, 6) is 0.622. The van der Waals surface area contributed by atoms with Gasteiger partial charge in [-0.3, -0.25) is 4.79 Å². The zero-order valence-electron chi connectivity index (χ0n) is 12.0. The summed E-state index contributed by atoms with van der Waals surface area (Å²) in [5.41, 5.74) is 7.07. The second-order valence-corrected chi connectivity index (χ2v) is 5.27. The smallest absolute Gasteiger partial charge is 0.248 e. The number of amides is 1. The number of rotatable bonds is 5.